The molecule has 4 nitrogen and oxygen atoms in total. The van der Waals surface area contributed by atoms with E-state index in [2.05, 4.69) is 4.98 Å². The molecule has 1 heterocycles. The van der Waals surface area contributed by atoms with Gasteiger partial charge in [-0.1, -0.05) is 23.9 Å². The monoisotopic (exact) mass is 289 g/mol. The van der Waals surface area contributed by atoms with Gasteiger partial charge in [0.25, 0.3) is 0 Å². The number of thioether (sulfide) groups is 1. The SMILES string of the molecule is CCN(C(=O)CSc1nccn1C)c1cccc(C)c1. The molecular weight excluding hydrogens is 270 g/mol. The van der Waals surface area contributed by atoms with Crippen LogP contribution in [0.2, 0.25) is 0 Å². The molecule has 0 radical (unpaired) electrons. The van der Waals surface area contributed by atoms with Crippen LogP contribution in [0.3, 0.4) is 0 Å². The van der Waals surface area contributed by atoms with Gasteiger partial charge in [-0.3, -0.25) is 4.79 Å². The lowest BCUT2D eigenvalue weighted by Gasteiger charge is -2.21. The van der Waals surface area contributed by atoms with Crippen LogP contribution in [-0.2, 0) is 11.8 Å². The number of imidazole rings is 1. The highest BCUT2D eigenvalue weighted by Crippen LogP contribution is 2.19. The van der Waals surface area contributed by atoms with Gasteiger partial charge in [-0.15, -0.1) is 0 Å². The summed E-state index contributed by atoms with van der Waals surface area (Å²) in [4.78, 5) is 18.4. The molecule has 0 unspecified atom stereocenters. The van der Waals surface area contributed by atoms with E-state index in [0.29, 0.717) is 12.3 Å². The van der Waals surface area contributed by atoms with Gasteiger partial charge in [0.05, 0.1) is 5.75 Å². The maximum absolute atomic E-state index is 12.4. The van der Waals surface area contributed by atoms with Crippen molar-refractivity contribution in [3.05, 3.63) is 42.2 Å². The molecule has 1 amide bonds. The Morgan fingerprint density at radius 2 is 2.25 bits per heavy atom. The second kappa shape index (κ2) is 6.61. The second-order valence-corrected chi connectivity index (χ2v) is 5.53. The number of amides is 1. The fourth-order valence-electron chi connectivity index (χ4n) is 1.99. The average molecular weight is 289 g/mol. The van der Waals surface area contributed by atoms with Crippen LogP contribution in [0.4, 0.5) is 5.69 Å². The first-order chi connectivity index (χ1) is 9.61. The Bertz CT molecular complexity index is 594. The summed E-state index contributed by atoms with van der Waals surface area (Å²) in [5.41, 5.74) is 2.11. The summed E-state index contributed by atoms with van der Waals surface area (Å²) in [6.45, 7) is 4.69. The number of hydrogen-bond acceptors (Lipinski definition) is 3. The normalized spacial score (nSPS) is 10.6. The van der Waals surface area contributed by atoms with E-state index in [0.717, 1.165) is 16.4 Å². The molecule has 0 saturated carbocycles. The summed E-state index contributed by atoms with van der Waals surface area (Å²) in [5.74, 6) is 0.498. The smallest absolute Gasteiger partial charge is 0.237 e. The average Bonchev–Trinajstić information content (AvgIpc) is 2.83. The van der Waals surface area contributed by atoms with Crippen molar-refractivity contribution in [2.24, 2.45) is 7.05 Å². The molecule has 1 aromatic heterocycles. The van der Waals surface area contributed by atoms with Crippen molar-refractivity contribution in [1.29, 1.82) is 0 Å². The Hall–Kier alpha value is -1.75. The molecule has 2 rings (SSSR count). The highest BCUT2D eigenvalue weighted by molar-refractivity contribution is 7.99. The zero-order valence-electron chi connectivity index (χ0n) is 12.0. The minimum atomic E-state index is 0.103. The van der Waals surface area contributed by atoms with E-state index in [1.165, 1.54) is 11.8 Å². The van der Waals surface area contributed by atoms with Crippen LogP contribution >= 0.6 is 11.8 Å². The first kappa shape index (κ1) is 14.7. The number of benzene rings is 1. The summed E-state index contributed by atoms with van der Waals surface area (Å²) in [6.07, 6.45) is 3.62. The molecule has 0 aliphatic heterocycles. The van der Waals surface area contributed by atoms with Gasteiger partial charge in [0.15, 0.2) is 5.16 Å². The number of carbonyl (C=O) groups is 1. The molecule has 5 heteroatoms. The molecule has 0 atom stereocenters. The molecule has 0 spiro atoms. The van der Waals surface area contributed by atoms with Crippen molar-refractivity contribution in [3.63, 3.8) is 0 Å². The van der Waals surface area contributed by atoms with E-state index in [1.807, 2.05) is 60.8 Å². The van der Waals surface area contributed by atoms with E-state index in [4.69, 9.17) is 0 Å². The number of hydrogen-bond donors (Lipinski definition) is 0. The van der Waals surface area contributed by atoms with Gasteiger partial charge < -0.3 is 9.47 Å². The van der Waals surface area contributed by atoms with Gasteiger partial charge in [-0.2, -0.15) is 0 Å². The largest absolute Gasteiger partial charge is 0.329 e. The lowest BCUT2D eigenvalue weighted by molar-refractivity contribution is -0.116. The van der Waals surface area contributed by atoms with Crippen molar-refractivity contribution in [3.8, 4) is 0 Å². The molecule has 0 bridgehead atoms. The second-order valence-electron chi connectivity index (χ2n) is 4.59. The molecule has 0 aliphatic rings. The molecule has 1 aromatic carbocycles. The van der Waals surface area contributed by atoms with Crippen LogP contribution in [0, 0.1) is 6.92 Å². The number of nitrogens with zero attached hydrogens (tertiary/aromatic N) is 3. The van der Waals surface area contributed by atoms with Gasteiger partial charge in [-0.05, 0) is 31.5 Å². The Morgan fingerprint density at radius 1 is 1.45 bits per heavy atom. The zero-order valence-corrected chi connectivity index (χ0v) is 12.9. The molecule has 20 heavy (non-hydrogen) atoms. The van der Waals surface area contributed by atoms with E-state index in [-0.39, 0.29) is 5.91 Å². The van der Waals surface area contributed by atoms with Crippen LogP contribution in [0.25, 0.3) is 0 Å². The maximum Gasteiger partial charge on any atom is 0.237 e. The molecule has 0 N–H and O–H groups in total. The van der Waals surface area contributed by atoms with Crippen molar-refractivity contribution >= 4 is 23.4 Å². The van der Waals surface area contributed by atoms with Crippen molar-refractivity contribution < 1.29 is 4.79 Å². The third kappa shape index (κ3) is 3.42. The zero-order chi connectivity index (χ0) is 14.5. The lowest BCUT2D eigenvalue weighted by atomic mass is 10.2. The van der Waals surface area contributed by atoms with Gasteiger partial charge in [0, 0.05) is 31.7 Å². The molecular formula is C15H19N3OS. The predicted octanol–water partition coefficient (Wildman–Crippen LogP) is 2.87. The summed E-state index contributed by atoms with van der Waals surface area (Å²) in [7, 11) is 1.93. The number of rotatable bonds is 5. The number of aryl methyl sites for hydroxylation is 2. The topological polar surface area (TPSA) is 38.1 Å². The Morgan fingerprint density at radius 3 is 2.85 bits per heavy atom. The molecule has 0 saturated heterocycles. The van der Waals surface area contributed by atoms with Crippen LogP contribution in [0.1, 0.15) is 12.5 Å². The van der Waals surface area contributed by atoms with Gasteiger partial charge >= 0.3 is 0 Å². The van der Waals surface area contributed by atoms with Crippen LogP contribution in [0.15, 0.2) is 41.8 Å². The van der Waals surface area contributed by atoms with Crippen LogP contribution in [-0.4, -0.2) is 27.8 Å². The predicted molar refractivity (Wildman–Crippen MR) is 83.1 cm³/mol. The highest BCUT2D eigenvalue weighted by Gasteiger charge is 2.15. The molecule has 0 aliphatic carbocycles. The Balaban J connectivity index is 2.04. The fourth-order valence-corrected chi connectivity index (χ4v) is 2.80. The summed E-state index contributed by atoms with van der Waals surface area (Å²) < 4.78 is 1.92. The molecule has 0 fully saturated rings. The third-order valence-electron chi connectivity index (χ3n) is 3.03. The number of carbonyl (C=O) groups excluding carboxylic acids is 1. The van der Waals surface area contributed by atoms with Crippen molar-refractivity contribution in [2.75, 3.05) is 17.2 Å². The molecule has 2 aromatic rings. The maximum atomic E-state index is 12.4. The lowest BCUT2D eigenvalue weighted by Crippen LogP contribution is -2.32. The van der Waals surface area contributed by atoms with Gasteiger partial charge in [0.1, 0.15) is 0 Å². The quantitative estimate of drug-likeness (QED) is 0.794. The molecule has 106 valence electrons. The van der Waals surface area contributed by atoms with Crippen LogP contribution in [0.5, 0.6) is 0 Å². The Kier molecular flexibility index (Phi) is 4.84. The standard InChI is InChI=1S/C15H19N3OS/c1-4-18(13-7-5-6-12(2)10-13)14(19)11-20-15-16-8-9-17(15)3/h5-10H,4,11H2,1-3H3. The third-order valence-corrected chi connectivity index (χ3v) is 4.08. The van der Waals surface area contributed by atoms with E-state index in [1.54, 1.807) is 6.20 Å². The number of anilines is 1. The Labute approximate surface area is 123 Å². The summed E-state index contributed by atoms with van der Waals surface area (Å²) in [6, 6.07) is 8.02. The minimum Gasteiger partial charge on any atom is -0.329 e. The van der Waals surface area contributed by atoms with E-state index < -0.39 is 0 Å². The van der Waals surface area contributed by atoms with Crippen LogP contribution < -0.4 is 4.90 Å². The minimum absolute atomic E-state index is 0.103. The summed E-state index contributed by atoms with van der Waals surface area (Å²) >= 11 is 1.47. The summed E-state index contributed by atoms with van der Waals surface area (Å²) in [5, 5.41) is 0.860. The van der Waals surface area contributed by atoms with Crippen molar-refractivity contribution in [2.45, 2.75) is 19.0 Å². The first-order valence-corrected chi connectivity index (χ1v) is 7.57. The van der Waals surface area contributed by atoms with Crippen molar-refractivity contribution in [1.82, 2.24) is 9.55 Å². The van der Waals surface area contributed by atoms with E-state index in [9.17, 15) is 4.79 Å². The van der Waals surface area contributed by atoms with Gasteiger partial charge in [-0.25, -0.2) is 4.98 Å². The highest BCUT2D eigenvalue weighted by atomic mass is 32.2. The van der Waals surface area contributed by atoms with E-state index >= 15 is 0 Å². The first-order valence-electron chi connectivity index (χ1n) is 6.59. The number of aromatic nitrogens is 2. The fraction of sp³-hybridized carbons (Fsp3) is 0.333. The van der Waals surface area contributed by atoms with Gasteiger partial charge in [0.2, 0.25) is 5.91 Å².